The lowest BCUT2D eigenvalue weighted by Crippen LogP contribution is -2.17. The highest BCUT2D eigenvalue weighted by atomic mass is 32.1. The third kappa shape index (κ3) is 3.45. The topological polar surface area (TPSA) is 51.4 Å². The molecule has 0 fully saturated rings. The number of benzene rings is 1. The van der Waals surface area contributed by atoms with Crippen LogP contribution in [0.5, 0.6) is 5.75 Å². The van der Waals surface area contributed by atoms with Gasteiger partial charge in [-0.15, -0.1) is 0 Å². The van der Waals surface area contributed by atoms with Crippen molar-refractivity contribution in [1.29, 1.82) is 0 Å². The van der Waals surface area contributed by atoms with Crippen molar-refractivity contribution in [2.75, 3.05) is 19.1 Å². The third-order valence-corrected chi connectivity index (χ3v) is 3.23. The van der Waals surface area contributed by atoms with E-state index in [9.17, 15) is 0 Å². The zero-order valence-corrected chi connectivity index (χ0v) is 12.4. The largest absolute Gasteiger partial charge is 0.497 e. The summed E-state index contributed by atoms with van der Waals surface area (Å²) in [6.45, 7) is 0.790. The highest BCUT2D eigenvalue weighted by Gasteiger charge is 2.04. The number of rotatable bonds is 5. The van der Waals surface area contributed by atoms with Crippen LogP contribution in [0.2, 0.25) is 0 Å². The van der Waals surface area contributed by atoms with Crippen molar-refractivity contribution >= 4 is 22.9 Å². The van der Waals surface area contributed by atoms with Gasteiger partial charge < -0.3 is 15.4 Å². The van der Waals surface area contributed by atoms with Crippen molar-refractivity contribution < 1.29 is 4.74 Å². The molecule has 104 valence electrons. The lowest BCUT2D eigenvalue weighted by atomic mass is 10.2. The second-order valence-corrected chi connectivity index (χ2v) is 4.91. The van der Waals surface area contributed by atoms with Crippen LogP contribution in [0.25, 0.3) is 0 Å². The summed E-state index contributed by atoms with van der Waals surface area (Å²) in [4.78, 5) is 6.66. The van der Waals surface area contributed by atoms with E-state index in [4.69, 9.17) is 22.7 Å². The maximum Gasteiger partial charge on any atom is 0.122 e. The molecule has 2 rings (SSSR count). The van der Waals surface area contributed by atoms with E-state index in [1.54, 1.807) is 13.3 Å². The minimum absolute atomic E-state index is 0.314. The van der Waals surface area contributed by atoms with Crippen molar-refractivity contribution in [2.45, 2.75) is 6.54 Å². The molecule has 0 saturated carbocycles. The summed E-state index contributed by atoms with van der Waals surface area (Å²) in [7, 11) is 3.68. The van der Waals surface area contributed by atoms with E-state index < -0.39 is 0 Å². The molecular weight excluding hydrogens is 270 g/mol. The predicted molar refractivity (Wildman–Crippen MR) is 85.2 cm³/mol. The van der Waals surface area contributed by atoms with Crippen LogP contribution in [0.4, 0.5) is 5.69 Å². The maximum atomic E-state index is 5.53. The summed E-state index contributed by atoms with van der Waals surface area (Å²) in [6, 6.07) is 11.8. The SMILES string of the molecule is COc1ccc(CN(C)c2ccc(C(N)=S)nc2)cc1. The van der Waals surface area contributed by atoms with Crippen LogP contribution in [0.3, 0.4) is 0 Å². The van der Waals surface area contributed by atoms with Crippen LogP contribution >= 0.6 is 12.2 Å². The molecular formula is C15H17N3OS. The van der Waals surface area contributed by atoms with Gasteiger partial charge in [-0.1, -0.05) is 24.4 Å². The molecule has 0 bridgehead atoms. The maximum absolute atomic E-state index is 5.53. The zero-order chi connectivity index (χ0) is 14.5. The van der Waals surface area contributed by atoms with Crippen molar-refractivity contribution in [1.82, 2.24) is 4.98 Å². The van der Waals surface area contributed by atoms with E-state index in [0.29, 0.717) is 10.7 Å². The van der Waals surface area contributed by atoms with Gasteiger partial charge in [0.2, 0.25) is 0 Å². The Bertz CT molecular complexity index is 581. The molecule has 0 atom stereocenters. The van der Waals surface area contributed by atoms with Crippen LogP contribution in [0, 0.1) is 0 Å². The zero-order valence-electron chi connectivity index (χ0n) is 11.5. The Morgan fingerprint density at radius 2 is 1.95 bits per heavy atom. The molecule has 2 aromatic rings. The molecule has 0 saturated heterocycles. The number of hydrogen-bond donors (Lipinski definition) is 1. The Hall–Kier alpha value is -2.14. The third-order valence-electron chi connectivity index (χ3n) is 3.02. The van der Waals surface area contributed by atoms with Gasteiger partial charge >= 0.3 is 0 Å². The van der Waals surface area contributed by atoms with Gasteiger partial charge in [-0.05, 0) is 29.8 Å². The molecule has 1 aromatic heterocycles. The molecule has 5 heteroatoms. The standard InChI is InChI=1S/C15H17N3OS/c1-18(10-11-3-6-13(19-2)7-4-11)12-5-8-14(15(16)20)17-9-12/h3-9H,10H2,1-2H3,(H2,16,20). The Morgan fingerprint density at radius 3 is 2.45 bits per heavy atom. The Labute approximate surface area is 124 Å². The van der Waals surface area contributed by atoms with E-state index in [2.05, 4.69) is 9.88 Å². The molecule has 0 unspecified atom stereocenters. The minimum atomic E-state index is 0.314. The monoisotopic (exact) mass is 287 g/mol. The number of pyridine rings is 1. The summed E-state index contributed by atoms with van der Waals surface area (Å²) in [5, 5.41) is 0. The summed E-state index contributed by atoms with van der Waals surface area (Å²) in [6.07, 6.45) is 1.78. The molecule has 0 aliphatic heterocycles. The van der Waals surface area contributed by atoms with E-state index in [1.807, 2.05) is 43.4 Å². The Balaban J connectivity index is 2.06. The summed E-state index contributed by atoms with van der Waals surface area (Å²) in [5.74, 6) is 0.860. The van der Waals surface area contributed by atoms with Crippen molar-refractivity contribution in [3.05, 3.63) is 53.9 Å². The lowest BCUT2D eigenvalue weighted by molar-refractivity contribution is 0.414. The fourth-order valence-electron chi connectivity index (χ4n) is 1.85. The lowest BCUT2D eigenvalue weighted by Gasteiger charge is -2.19. The van der Waals surface area contributed by atoms with Crippen LogP contribution < -0.4 is 15.4 Å². The molecule has 0 aliphatic carbocycles. The number of aromatic nitrogens is 1. The molecule has 20 heavy (non-hydrogen) atoms. The van der Waals surface area contributed by atoms with Crippen LogP contribution in [-0.4, -0.2) is 24.1 Å². The first-order chi connectivity index (χ1) is 9.60. The Kier molecular flexibility index (Phi) is 4.53. The number of thiocarbonyl (C=S) groups is 1. The van der Waals surface area contributed by atoms with Crippen molar-refractivity contribution in [3.63, 3.8) is 0 Å². The second kappa shape index (κ2) is 6.34. The fourth-order valence-corrected chi connectivity index (χ4v) is 1.97. The quantitative estimate of drug-likeness (QED) is 0.856. The van der Waals surface area contributed by atoms with E-state index in [-0.39, 0.29) is 0 Å². The highest BCUT2D eigenvalue weighted by Crippen LogP contribution is 2.17. The van der Waals surface area contributed by atoms with E-state index in [0.717, 1.165) is 18.0 Å². The molecule has 0 aliphatic rings. The first-order valence-corrected chi connectivity index (χ1v) is 6.61. The number of methoxy groups -OCH3 is 1. The van der Waals surface area contributed by atoms with Gasteiger partial charge in [-0.3, -0.25) is 4.98 Å². The number of ether oxygens (including phenoxy) is 1. The van der Waals surface area contributed by atoms with Gasteiger partial charge in [0.1, 0.15) is 10.7 Å². The molecule has 2 N–H and O–H groups in total. The smallest absolute Gasteiger partial charge is 0.122 e. The Morgan fingerprint density at radius 1 is 1.25 bits per heavy atom. The van der Waals surface area contributed by atoms with Crippen LogP contribution in [0.15, 0.2) is 42.6 Å². The van der Waals surface area contributed by atoms with Gasteiger partial charge in [0, 0.05) is 13.6 Å². The van der Waals surface area contributed by atoms with Crippen molar-refractivity contribution in [3.8, 4) is 5.75 Å². The highest BCUT2D eigenvalue weighted by molar-refractivity contribution is 7.80. The number of anilines is 1. The average molecular weight is 287 g/mol. The summed E-state index contributed by atoms with van der Waals surface area (Å²) in [5.41, 5.74) is 8.39. The normalized spacial score (nSPS) is 10.1. The van der Waals surface area contributed by atoms with E-state index >= 15 is 0 Å². The first kappa shape index (κ1) is 14.3. The predicted octanol–water partition coefficient (Wildman–Crippen LogP) is 2.36. The van der Waals surface area contributed by atoms with Gasteiger partial charge in [0.05, 0.1) is 24.7 Å². The average Bonchev–Trinajstić information content (AvgIpc) is 2.48. The van der Waals surface area contributed by atoms with Crippen LogP contribution in [0.1, 0.15) is 11.3 Å². The van der Waals surface area contributed by atoms with Gasteiger partial charge in [-0.2, -0.15) is 0 Å². The first-order valence-electron chi connectivity index (χ1n) is 6.20. The number of nitrogens with two attached hydrogens (primary N) is 1. The molecule has 4 nitrogen and oxygen atoms in total. The van der Waals surface area contributed by atoms with E-state index in [1.165, 1.54) is 5.56 Å². The van der Waals surface area contributed by atoms with Gasteiger partial charge in [0.15, 0.2) is 0 Å². The summed E-state index contributed by atoms with van der Waals surface area (Å²) >= 11 is 4.89. The van der Waals surface area contributed by atoms with Crippen molar-refractivity contribution in [2.24, 2.45) is 5.73 Å². The molecule has 1 heterocycles. The number of nitrogens with zero attached hydrogens (tertiary/aromatic N) is 2. The van der Waals surface area contributed by atoms with Crippen LogP contribution in [-0.2, 0) is 6.54 Å². The fraction of sp³-hybridized carbons (Fsp3) is 0.200. The second-order valence-electron chi connectivity index (χ2n) is 4.47. The van der Waals surface area contributed by atoms with Gasteiger partial charge in [0.25, 0.3) is 0 Å². The molecule has 0 amide bonds. The summed E-state index contributed by atoms with van der Waals surface area (Å²) < 4.78 is 5.15. The molecule has 0 spiro atoms. The van der Waals surface area contributed by atoms with Gasteiger partial charge in [-0.25, -0.2) is 0 Å². The minimum Gasteiger partial charge on any atom is -0.497 e. The molecule has 1 aromatic carbocycles. The number of hydrogen-bond acceptors (Lipinski definition) is 4. The molecule has 0 radical (unpaired) electrons.